The molecule has 76 valence electrons. The van der Waals surface area contributed by atoms with Crippen molar-refractivity contribution in [2.24, 2.45) is 0 Å². The average molecular weight is 189 g/mol. The van der Waals surface area contributed by atoms with Crippen LogP contribution in [0.3, 0.4) is 0 Å². The number of hydrogen-bond donors (Lipinski definition) is 1. The summed E-state index contributed by atoms with van der Waals surface area (Å²) in [7, 11) is 0. The van der Waals surface area contributed by atoms with E-state index >= 15 is 0 Å². The van der Waals surface area contributed by atoms with Gasteiger partial charge in [0.05, 0.1) is 0 Å². The Morgan fingerprint density at radius 1 is 1.29 bits per heavy atom. The molecule has 0 heterocycles. The number of hydrogen-bond acceptors (Lipinski definition) is 1. The zero-order chi connectivity index (χ0) is 10.2. The SMILES string of the molecule is C=Cc1ccccc1CCNCCC. The molecule has 1 rings (SSSR count). The minimum atomic E-state index is 1.05. The standard InChI is InChI=1S/C13H19N/c1-3-10-14-11-9-13-8-6-5-7-12(13)4-2/h4-8,14H,2-3,9-11H2,1H3. The van der Waals surface area contributed by atoms with E-state index in [9.17, 15) is 0 Å². The molecule has 0 bridgehead atoms. The number of rotatable bonds is 6. The molecule has 0 unspecified atom stereocenters. The van der Waals surface area contributed by atoms with E-state index in [0.29, 0.717) is 0 Å². The molecule has 0 saturated heterocycles. The van der Waals surface area contributed by atoms with Gasteiger partial charge in [-0.2, -0.15) is 0 Å². The Hall–Kier alpha value is -1.08. The maximum absolute atomic E-state index is 3.82. The molecule has 0 spiro atoms. The van der Waals surface area contributed by atoms with Crippen LogP contribution in [0, 0.1) is 0 Å². The van der Waals surface area contributed by atoms with Gasteiger partial charge < -0.3 is 5.32 Å². The highest BCUT2D eigenvalue weighted by Crippen LogP contribution is 2.09. The molecule has 0 atom stereocenters. The summed E-state index contributed by atoms with van der Waals surface area (Å²) >= 11 is 0. The summed E-state index contributed by atoms with van der Waals surface area (Å²) in [6.07, 6.45) is 4.21. The van der Waals surface area contributed by atoms with Crippen molar-refractivity contribution >= 4 is 6.08 Å². The summed E-state index contributed by atoms with van der Waals surface area (Å²) < 4.78 is 0. The monoisotopic (exact) mass is 189 g/mol. The molecule has 0 aliphatic rings. The summed E-state index contributed by atoms with van der Waals surface area (Å²) in [5.74, 6) is 0. The van der Waals surface area contributed by atoms with Gasteiger partial charge in [-0.15, -0.1) is 0 Å². The zero-order valence-electron chi connectivity index (χ0n) is 8.92. The Bertz CT molecular complexity index is 278. The average Bonchev–Trinajstić information content (AvgIpc) is 2.25. The first-order valence-electron chi connectivity index (χ1n) is 5.29. The third kappa shape index (κ3) is 3.35. The molecule has 0 aliphatic heterocycles. The summed E-state index contributed by atoms with van der Waals surface area (Å²) in [5, 5.41) is 3.40. The minimum absolute atomic E-state index is 1.05. The van der Waals surface area contributed by atoms with Crippen LogP contribution in [-0.4, -0.2) is 13.1 Å². The lowest BCUT2D eigenvalue weighted by atomic mass is 10.0. The van der Waals surface area contributed by atoms with E-state index in [4.69, 9.17) is 0 Å². The van der Waals surface area contributed by atoms with Crippen LogP contribution < -0.4 is 5.32 Å². The molecule has 0 aromatic heterocycles. The molecule has 1 nitrogen and oxygen atoms in total. The first-order chi connectivity index (χ1) is 6.88. The normalized spacial score (nSPS) is 10.1. The number of benzene rings is 1. The lowest BCUT2D eigenvalue weighted by molar-refractivity contribution is 0.671. The van der Waals surface area contributed by atoms with Gasteiger partial charge in [0.25, 0.3) is 0 Å². The van der Waals surface area contributed by atoms with Crippen molar-refractivity contribution in [3.05, 3.63) is 42.0 Å². The van der Waals surface area contributed by atoms with Crippen LogP contribution in [0.5, 0.6) is 0 Å². The fraction of sp³-hybridized carbons (Fsp3) is 0.385. The molecule has 0 amide bonds. The molecule has 0 aliphatic carbocycles. The van der Waals surface area contributed by atoms with Gasteiger partial charge in [0.2, 0.25) is 0 Å². The first-order valence-corrected chi connectivity index (χ1v) is 5.29. The van der Waals surface area contributed by atoms with Crippen LogP contribution in [0.15, 0.2) is 30.8 Å². The Labute approximate surface area is 86.8 Å². The smallest absolute Gasteiger partial charge is 0.000814 e. The Morgan fingerprint density at radius 2 is 2.07 bits per heavy atom. The van der Waals surface area contributed by atoms with Gasteiger partial charge in [-0.05, 0) is 37.1 Å². The van der Waals surface area contributed by atoms with Gasteiger partial charge in [0, 0.05) is 0 Å². The van der Waals surface area contributed by atoms with Crippen LogP contribution >= 0.6 is 0 Å². The third-order valence-electron chi connectivity index (χ3n) is 2.27. The lowest BCUT2D eigenvalue weighted by Crippen LogP contribution is -2.18. The van der Waals surface area contributed by atoms with E-state index in [1.54, 1.807) is 0 Å². The highest BCUT2D eigenvalue weighted by molar-refractivity contribution is 5.51. The van der Waals surface area contributed by atoms with Crippen LogP contribution in [0.4, 0.5) is 0 Å². The van der Waals surface area contributed by atoms with Gasteiger partial charge in [-0.3, -0.25) is 0 Å². The molecule has 14 heavy (non-hydrogen) atoms. The van der Waals surface area contributed by atoms with E-state index in [-0.39, 0.29) is 0 Å². The lowest BCUT2D eigenvalue weighted by Gasteiger charge is -2.06. The molecule has 0 radical (unpaired) electrons. The van der Waals surface area contributed by atoms with Crippen molar-refractivity contribution in [1.82, 2.24) is 5.32 Å². The summed E-state index contributed by atoms with van der Waals surface area (Å²) in [5.41, 5.74) is 2.64. The minimum Gasteiger partial charge on any atom is -0.316 e. The topological polar surface area (TPSA) is 12.0 Å². The summed E-state index contributed by atoms with van der Waals surface area (Å²) in [6, 6.07) is 8.43. The van der Waals surface area contributed by atoms with Crippen molar-refractivity contribution in [2.75, 3.05) is 13.1 Å². The summed E-state index contributed by atoms with van der Waals surface area (Å²) in [6.45, 7) is 8.16. The zero-order valence-corrected chi connectivity index (χ0v) is 8.92. The van der Waals surface area contributed by atoms with Gasteiger partial charge in [0.15, 0.2) is 0 Å². The second-order valence-corrected chi connectivity index (χ2v) is 3.40. The Kier molecular flexibility index (Phi) is 5.02. The van der Waals surface area contributed by atoms with Gasteiger partial charge in [-0.1, -0.05) is 43.8 Å². The van der Waals surface area contributed by atoms with Crippen molar-refractivity contribution in [3.8, 4) is 0 Å². The molecule has 0 fully saturated rings. The van der Waals surface area contributed by atoms with Crippen molar-refractivity contribution in [1.29, 1.82) is 0 Å². The van der Waals surface area contributed by atoms with E-state index in [0.717, 1.165) is 19.5 Å². The largest absolute Gasteiger partial charge is 0.316 e. The molecule has 1 N–H and O–H groups in total. The number of nitrogens with one attached hydrogen (secondary N) is 1. The molecule has 1 heteroatoms. The Balaban J connectivity index is 2.45. The van der Waals surface area contributed by atoms with E-state index < -0.39 is 0 Å². The van der Waals surface area contributed by atoms with Crippen molar-refractivity contribution in [2.45, 2.75) is 19.8 Å². The van der Waals surface area contributed by atoms with Crippen molar-refractivity contribution < 1.29 is 0 Å². The molecule has 1 aromatic carbocycles. The second kappa shape index (κ2) is 6.39. The predicted molar refractivity (Wildman–Crippen MR) is 63.4 cm³/mol. The van der Waals surface area contributed by atoms with Gasteiger partial charge in [-0.25, -0.2) is 0 Å². The molecule has 1 aromatic rings. The molecule has 0 saturated carbocycles. The van der Waals surface area contributed by atoms with Crippen LogP contribution in [-0.2, 0) is 6.42 Å². The van der Waals surface area contributed by atoms with E-state index in [1.807, 2.05) is 6.08 Å². The fourth-order valence-corrected chi connectivity index (χ4v) is 1.49. The highest BCUT2D eigenvalue weighted by Gasteiger charge is 1.96. The molecular formula is C13H19N. The van der Waals surface area contributed by atoms with Crippen LogP contribution in [0.25, 0.3) is 6.08 Å². The summed E-state index contributed by atoms with van der Waals surface area (Å²) in [4.78, 5) is 0. The second-order valence-electron chi connectivity index (χ2n) is 3.40. The third-order valence-corrected chi connectivity index (χ3v) is 2.27. The van der Waals surface area contributed by atoms with Crippen LogP contribution in [0.1, 0.15) is 24.5 Å². The first kappa shape index (κ1) is 11.0. The Morgan fingerprint density at radius 3 is 2.79 bits per heavy atom. The highest BCUT2D eigenvalue weighted by atomic mass is 14.8. The maximum Gasteiger partial charge on any atom is -0.000814 e. The van der Waals surface area contributed by atoms with E-state index in [1.165, 1.54) is 17.5 Å². The quantitative estimate of drug-likeness (QED) is 0.678. The van der Waals surface area contributed by atoms with Gasteiger partial charge >= 0.3 is 0 Å². The maximum atomic E-state index is 3.82. The predicted octanol–water partition coefficient (Wildman–Crippen LogP) is 2.87. The van der Waals surface area contributed by atoms with Gasteiger partial charge in [0.1, 0.15) is 0 Å². The van der Waals surface area contributed by atoms with E-state index in [2.05, 4.69) is 43.1 Å². The fourth-order valence-electron chi connectivity index (χ4n) is 1.49. The molecular weight excluding hydrogens is 170 g/mol. The van der Waals surface area contributed by atoms with Crippen molar-refractivity contribution in [3.63, 3.8) is 0 Å². The van der Waals surface area contributed by atoms with Crippen LogP contribution in [0.2, 0.25) is 0 Å².